The molecule has 0 atom stereocenters. The lowest BCUT2D eigenvalue weighted by Gasteiger charge is -2.13. The van der Waals surface area contributed by atoms with Gasteiger partial charge in [-0.25, -0.2) is 4.98 Å². The smallest absolute Gasteiger partial charge is 0.146 e. The van der Waals surface area contributed by atoms with Crippen LogP contribution in [0.3, 0.4) is 0 Å². The van der Waals surface area contributed by atoms with Crippen LogP contribution in [0.5, 0.6) is 0 Å². The normalized spacial score (nSPS) is 13.5. The van der Waals surface area contributed by atoms with Gasteiger partial charge in [0, 0.05) is 23.2 Å². The summed E-state index contributed by atoms with van der Waals surface area (Å²) in [5, 5.41) is 3.62. The molecule has 2 aliphatic carbocycles. The molecule has 0 fully saturated rings. The van der Waals surface area contributed by atoms with E-state index in [4.69, 9.17) is 4.98 Å². The minimum absolute atomic E-state index is 0.904. The molecule has 0 bridgehead atoms. The Hall–Kier alpha value is -4.57. The summed E-state index contributed by atoms with van der Waals surface area (Å²) < 4.78 is 2.24. The summed E-state index contributed by atoms with van der Waals surface area (Å²) in [7, 11) is 0. The molecule has 0 unspecified atom stereocenters. The van der Waals surface area contributed by atoms with Gasteiger partial charge < -0.3 is 0 Å². The summed E-state index contributed by atoms with van der Waals surface area (Å²) >= 11 is 0. The van der Waals surface area contributed by atoms with Crippen LogP contribution in [0.1, 0.15) is 22.3 Å². The molecule has 4 aromatic heterocycles. The van der Waals surface area contributed by atoms with E-state index in [1.165, 1.54) is 60.7 Å². The van der Waals surface area contributed by atoms with Crippen molar-refractivity contribution in [3.8, 4) is 22.3 Å². The number of rotatable bonds is 0. The standard InChI is InChI=1S/C31H18N4/c1-2-4-21-17(3-1)11-18-5-6-19-12-20-13-24-22-7-9-33-16-28(22)35-27-8-10-32-15-26(27)34-31(35)25(24)14-23(20)30(19)29(18)21/h1-10,13-16H,11-12H2. The van der Waals surface area contributed by atoms with Crippen LogP contribution in [0.15, 0.2) is 85.5 Å². The molecule has 4 heterocycles. The molecule has 0 saturated heterocycles. The maximum absolute atomic E-state index is 5.06. The number of hydrogen-bond acceptors (Lipinski definition) is 3. The Morgan fingerprint density at radius 2 is 1.40 bits per heavy atom. The number of fused-ring (bicyclic) bond motifs is 15. The van der Waals surface area contributed by atoms with Gasteiger partial charge in [-0.15, -0.1) is 0 Å². The second-order valence-corrected chi connectivity index (χ2v) is 9.73. The third kappa shape index (κ3) is 2.15. The van der Waals surface area contributed by atoms with Crippen molar-refractivity contribution in [1.82, 2.24) is 19.4 Å². The molecule has 0 radical (unpaired) electrons. The van der Waals surface area contributed by atoms with Crippen molar-refractivity contribution in [2.24, 2.45) is 0 Å². The van der Waals surface area contributed by atoms with E-state index in [9.17, 15) is 0 Å². The van der Waals surface area contributed by atoms with Gasteiger partial charge in [-0.1, -0.05) is 36.4 Å². The van der Waals surface area contributed by atoms with Gasteiger partial charge in [0.2, 0.25) is 0 Å². The minimum atomic E-state index is 0.904. The van der Waals surface area contributed by atoms with Crippen LogP contribution in [-0.4, -0.2) is 19.4 Å². The maximum atomic E-state index is 5.06. The molecule has 0 N–H and O–H groups in total. The van der Waals surface area contributed by atoms with E-state index in [1.807, 2.05) is 30.9 Å². The third-order valence-corrected chi connectivity index (χ3v) is 7.97. The first-order valence-corrected chi connectivity index (χ1v) is 12.0. The first-order valence-electron chi connectivity index (χ1n) is 12.0. The maximum Gasteiger partial charge on any atom is 0.146 e. The highest BCUT2D eigenvalue weighted by Crippen LogP contribution is 2.50. The van der Waals surface area contributed by atoms with Crippen molar-refractivity contribution >= 4 is 38.4 Å². The quantitative estimate of drug-likeness (QED) is 0.243. The zero-order chi connectivity index (χ0) is 22.7. The summed E-state index contributed by atoms with van der Waals surface area (Å²) in [5.74, 6) is 0. The minimum Gasteiger partial charge on any atom is -0.290 e. The molecule has 162 valence electrons. The number of nitrogens with zero attached hydrogens (tertiary/aromatic N) is 4. The van der Waals surface area contributed by atoms with Crippen LogP contribution in [0.4, 0.5) is 0 Å². The molecule has 35 heavy (non-hydrogen) atoms. The molecular weight excluding hydrogens is 428 g/mol. The first-order chi connectivity index (χ1) is 17.3. The molecule has 9 rings (SSSR count). The summed E-state index contributed by atoms with van der Waals surface area (Å²) in [4.78, 5) is 13.8. The average Bonchev–Trinajstić information content (AvgIpc) is 3.58. The highest BCUT2D eigenvalue weighted by atomic mass is 15.0. The fourth-order valence-electron chi connectivity index (χ4n) is 6.51. The molecule has 7 aromatic rings. The Morgan fingerprint density at radius 3 is 2.34 bits per heavy atom. The van der Waals surface area contributed by atoms with Crippen molar-refractivity contribution < 1.29 is 0 Å². The van der Waals surface area contributed by atoms with Gasteiger partial charge in [0.05, 0.1) is 23.4 Å². The van der Waals surface area contributed by atoms with Crippen molar-refractivity contribution in [3.63, 3.8) is 0 Å². The lowest BCUT2D eigenvalue weighted by molar-refractivity contribution is 1.23. The molecule has 2 aliphatic rings. The molecule has 0 saturated carbocycles. The third-order valence-electron chi connectivity index (χ3n) is 7.97. The molecular formula is C31H18N4. The second-order valence-electron chi connectivity index (χ2n) is 9.73. The highest BCUT2D eigenvalue weighted by Gasteiger charge is 2.29. The van der Waals surface area contributed by atoms with E-state index in [0.29, 0.717) is 0 Å². The van der Waals surface area contributed by atoms with Crippen LogP contribution in [0.2, 0.25) is 0 Å². The van der Waals surface area contributed by atoms with E-state index >= 15 is 0 Å². The van der Waals surface area contributed by atoms with Crippen LogP contribution in [0.25, 0.3) is 60.6 Å². The predicted octanol–water partition coefficient (Wildman–Crippen LogP) is 6.73. The Morgan fingerprint density at radius 1 is 0.600 bits per heavy atom. The fourth-order valence-corrected chi connectivity index (χ4v) is 6.51. The monoisotopic (exact) mass is 446 g/mol. The van der Waals surface area contributed by atoms with Crippen LogP contribution in [0, 0.1) is 0 Å². The zero-order valence-electron chi connectivity index (χ0n) is 18.8. The summed E-state index contributed by atoms with van der Waals surface area (Å²) in [6, 6.07) is 22.5. The second kappa shape index (κ2) is 6.10. The highest BCUT2D eigenvalue weighted by molar-refractivity contribution is 6.15. The van der Waals surface area contributed by atoms with Gasteiger partial charge in [0.15, 0.2) is 0 Å². The summed E-state index contributed by atoms with van der Waals surface area (Å²) in [6.07, 6.45) is 9.51. The van der Waals surface area contributed by atoms with Gasteiger partial charge in [-0.2, -0.15) is 0 Å². The summed E-state index contributed by atoms with van der Waals surface area (Å²) in [6.45, 7) is 0. The number of aromatic nitrogens is 4. The Balaban J connectivity index is 1.45. The molecule has 4 nitrogen and oxygen atoms in total. The van der Waals surface area contributed by atoms with E-state index in [1.54, 1.807) is 0 Å². The number of benzene rings is 3. The van der Waals surface area contributed by atoms with Gasteiger partial charge in [-0.05, 0) is 87.0 Å². The Labute approximate surface area is 200 Å². The van der Waals surface area contributed by atoms with Crippen molar-refractivity contribution in [1.29, 1.82) is 0 Å². The van der Waals surface area contributed by atoms with Gasteiger partial charge >= 0.3 is 0 Å². The van der Waals surface area contributed by atoms with E-state index in [2.05, 4.69) is 69.0 Å². The molecule has 0 amide bonds. The average molecular weight is 447 g/mol. The molecule has 0 aliphatic heterocycles. The lowest BCUT2D eigenvalue weighted by Crippen LogP contribution is -1.94. The zero-order valence-corrected chi connectivity index (χ0v) is 18.8. The molecule has 3 aromatic carbocycles. The van der Waals surface area contributed by atoms with E-state index < -0.39 is 0 Å². The van der Waals surface area contributed by atoms with Gasteiger partial charge in [0.25, 0.3) is 0 Å². The number of pyridine rings is 3. The van der Waals surface area contributed by atoms with Gasteiger partial charge in [0.1, 0.15) is 11.2 Å². The predicted molar refractivity (Wildman–Crippen MR) is 140 cm³/mol. The van der Waals surface area contributed by atoms with E-state index in [-0.39, 0.29) is 0 Å². The number of imidazole rings is 1. The lowest BCUT2D eigenvalue weighted by atomic mass is 9.92. The van der Waals surface area contributed by atoms with Crippen molar-refractivity contribution in [2.75, 3.05) is 0 Å². The molecule has 4 heteroatoms. The summed E-state index contributed by atoms with van der Waals surface area (Å²) in [5.41, 5.74) is 15.3. The molecule has 0 spiro atoms. The Kier molecular flexibility index (Phi) is 3.11. The largest absolute Gasteiger partial charge is 0.290 e. The van der Waals surface area contributed by atoms with E-state index in [0.717, 1.165) is 35.0 Å². The van der Waals surface area contributed by atoms with Crippen molar-refractivity contribution in [2.45, 2.75) is 12.8 Å². The fraction of sp³-hybridized carbons (Fsp3) is 0.0645. The van der Waals surface area contributed by atoms with Crippen LogP contribution < -0.4 is 0 Å². The van der Waals surface area contributed by atoms with Gasteiger partial charge in [-0.3, -0.25) is 14.4 Å². The first kappa shape index (κ1) is 17.8. The Bertz CT molecular complexity index is 2070. The number of hydrogen-bond donors (Lipinski definition) is 0. The topological polar surface area (TPSA) is 43.1 Å². The van der Waals surface area contributed by atoms with Crippen LogP contribution in [-0.2, 0) is 12.8 Å². The van der Waals surface area contributed by atoms with Crippen LogP contribution >= 0.6 is 0 Å². The SMILES string of the molecule is c1ccc2c(c1)Cc1ccc3c(c1-2)-c1cc2c(cc1C3)c1ccncc1n1c3ccncc3nc21. The van der Waals surface area contributed by atoms with Crippen molar-refractivity contribution in [3.05, 3.63) is 108 Å².